The lowest BCUT2D eigenvalue weighted by molar-refractivity contribution is -0.150. The van der Waals surface area contributed by atoms with Gasteiger partial charge in [-0.3, -0.25) is 0 Å². The van der Waals surface area contributed by atoms with E-state index < -0.39 is 23.2 Å². The lowest BCUT2D eigenvalue weighted by atomic mass is 9.93. The number of halogens is 1. The standard InChI is InChI=1S/C17H24INO5/c1-6-23-14(21)17(5,19-15(22)24-16(2,3)4)10-11-7-8-13(20)12(18)9-11/h7-9,20H,6,10H2,1-5H3,(H,19,22). The fourth-order valence-electron chi connectivity index (χ4n) is 2.06. The summed E-state index contributed by atoms with van der Waals surface area (Å²) in [6.45, 7) is 8.74. The minimum absolute atomic E-state index is 0.164. The summed E-state index contributed by atoms with van der Waals surface area (Å²) >= 11 is 2.00. The summed E-state index contributed by atoms with van der Waals surface area (Å²) in [6.07, 6.45) is -0.479. The Balaban J connectivity index is 3.03. The third-order valence-electron chi connectivity index (χ3n) is 3.07. The third kappa shape index (κ3) is 6.18. The second-order valence-corrected chi connectivity index (χ2v) is 7.80. The number of rotatable bonds is 5. The van der Waals surface area contributed by atoms with Gasteiger partial charge in [-0.1, -0.05) is 6.07 Å². The molecule has 0 aliphatic carbocycles. The number of esters is 1. The number of nitrogens with one attached hydrogen (secondary N) is 1. The van der Waals surface area contributed by atoms with Crippen molar-refractivity contribution < 1.29 is 24.2 Å². The lowest BCUT2D eigenvalue weighted by Crippen LogP contribution is -2.55. The molecule has 24 heavy (non-hydrogen) atoms. The number of hydrogen-bond donors (Lipinski definition) is 2. The van der Waals surface area contributed by atoms with Crippen LogP contribution in [0.3, 0.4) is 0 Å². The maximum Gasteiger partial charge on any atom is 0.408 e. The van der Waals surface area contributed by atoms with E-state index >= 15 is 0 Å². The van der Waals surface area contributed by atoms with Crippen molar-refractivity contribution in [3.63, 3.8) is 0 Å². The predicted molar refractivity (Wildman–Crippen MR) is 98.9 cm³/mol. The Morgan fingerprint density at radius 1 is 1.25 bits per heavy atom. The number of alkyl carbamates (subject to hydrolysis) is 1. The quantitative estimate of drug-likeness (QED) is 0.532. The maximum atomic E-state index is 12.4. The van der Waals surface area contributed by atoms with E-state index in [1.165, 1.54) is 0 Å². The minimum Gasteiger partial charge on any atom is -0.507 e. The molecular weight excluding hydrogens is 425 g/mol. The van der Waals surface area contributed by atoms with Crippen LogP contribution in [0.2, 0.25) is 0 Å². The number of aromatic hydroxyl groups is 1. The predicted octanol–water partition coefficient (Wildman–Crippen LogP) is 3.39. The molecule has 7 heteroatoms. The van der Waals surface area contributed by atoms with Crippen LogP contribution in [0.4, 0.5) is 4.79 Å². The average Bonchev–Trinajstić information content (AvgIpc) is 2.40. The highest BCUT2D eigenvalue weighted by Crippen LogP contribution is 2.24. The highest BCUT2D eigenvalue weighted by atomic mass is 127. The molecule has 0 aliphatic rings. The van der Waals surface area contributed by atoms with Crippen LogP contribution in [0.25, 0.3) is 0 Å². The molecule has 2 N–H and O–H groups in total. The van der Waals surface area contributed by atoms with Gasteiger partial charge in [0.2, 0.25) is 0 Å². The van der Waals surface area contributed by atoms with Gasteiger partial charge in [-0.2, -0.15) is 0 Å². The molecule has 1 aromatic carbocycles. The number of carbonyl (C=O) groups is 2. The fraction of sp³-hybridized carbons (Fsp3) is 0.529. The zero-order valence-corrected chi connectivity index (χ0v) is 16.8. The Morgan fingerprint density at radius 2 is 1.88 bits per heavy atom. The summed E-state index contributed by atoms with van der Waals surface area (Å²) in [5.74, 6) is -0.378. The fourth-order valence-corrected chi connectivity index (χ4v) is 2.64. The summed E-state index contributed by atoms with van der Waals surface area (Å²) in [6, 6.07) is 5.01. The Kier molecular flexibility index (Phi) is 6.88. The molecule has 6 nitrogen and oxygen atoms in total. The van der Waals surface area contributed by atoms with Crippen molar-refractivity contribution in [2.45, 2.75) is 52.2 Å². The van der Waals surface area contributed by atoms with E-state index in [1.54, 1.807) is 52.8 Å². The van der Waals surface area contributed by atoms with Crippen molar-refractivity contribution in [2.24, 2.45) is 0 Å². The Labute approximate surface area is 156 Å². The molecule has 0 saturated heterocycles. The molecule has 134 valence electrons. The number of carbonyl (C=O) groups excluding carboxylic acids is 2. The minimum atomic E-state index is -1.28. The molecule has 0 spiro atoms. The van der Waals surface area contributed by atoms with E-state index in [0.29, 0.717) is 3.57 Å². The van der Waals surface area contributed by atoms with E-state index in [1.807, 2.05) is 22.6 Å². The Bertz CT molecular complexity index is 611. The second kappa shape index (κ2) is 8.04. The SMILES string of the molecule is CCOC(=O)C(C)(Cc1ccc(O)c(I)c1)NC(=O)OC(C)(C)C. The first-order chi connectivity index (χ1) is 11.0. The number of phenolic OH excluding ortho intramolecular Hbond substituents is 1. The number of hydrogen-bond acceptors (Lipinski definition) is 5. The zero-order chi connectivity index (χ0) is 18.5. The average molecular weight is 449 g/mol. The Morgan fingerprint density at radius 3 is 2.38 bits per heavy atom. The van der Waals surface area contributed by atoms with Gasteiger partial charge in [0.1, 0.15) is 16.9 Å². The highest BCUT2D eigenvalue weighted by Gasteiger charge is 2.38. The molecular formula is C17H24INO5. The molecule has 1 unspecified atom stereocenters. The number of benzene rings is 1. The molecule has 1 aromatic rings. The molecule has 1 atom stereocenters. The molecule has 0 bridgehead atoms. The normalized spacial score (nSPS) is 13.8. The largest absolute Gasteiger partial charge is 0.507 e. The van der Waals surface area contributed by atoms with Gasteiger partial charge in [0, 0.05) is 6.42 Å². The van der Waals surface area contributed by atoms with Crippen molar-refractivity contribution in [3.8, 4) is 5.75 Å². The van der Waals surface area contributed by atoms with Crippen LogP contribution in [-0.4, -0.2) is 34.9 Å². The Hall–Kier alpha value is -1.51. The number of phenols is 1. The van der Waals surface area contributed by atoms with E-state index in [0.717, 1.165) is 5.56 Å². The van der Waals surface area contributed by atoms with Gasteiger partial charge in [-0.05, 0) is 74.9 Å². The summed E-state index contributed by atoms with van der Waals surface area (Å²) in [7, 11) is 0. The van der Waals surface area contributed by atoms with Crippen molar-refractivity contribution >= 4 is 34.7 Å². The van der Waals surface area contributed by atoms with Crippen LogP contribution < -0.4 is 5.32 Å². The smallest absolute Gasteiger partial charge is 0.408 e. The van der Waals surface area contributed by atoms with Gasteiger partial charge in [-0.15, -0.1) is 0 Å². The first kappa shape index (κ1) is 20.5. The second-order valence-electron chi connectivity index (χ2n) is 6.64. The van der Waals surface area contributed by atoms with Crippen molar-refractivity contribution in [2.75, 3.05) is 6.61 Å². The highest BCUT2D eigenvalue weighted by molar-refractivity contribution is 14.1. The van der Waals surface area contributed by atoms with Gasteiger partial charge in [-0.25, -0.2) is 9.59 Å². The molecule has 0 saturated carbocycles. The van der Waals surface area contributed by atoms with Gasteiger partial charge < -0.3 is 19.9 Å². The van der Waals surface area contributed by atoms with E-state index in [-0.39, 0.29) is 18.8 Å². The van der Waals surface area contributed by atoms with Crippen molar-refractivity contribution in [1.29, 1.82) is 0 Å². The third-order valence-corrected chi connectivity index (χ3v) is 3.94. The lowest BCUT2D eigenvalue weighted by Gasteiger charge is -2.30. The molecule has 0 radical (unpaired) electrons. The maximum absolute atomic E-state index is 12.4. The number of ether oxygens (including phenoxy) is 2. The molecule has 1 amide bonds. The summed E-state index contributed by atoms with van der Waals surface area (Å²) in [5.41, 5.74) is -1.17. The summed E-state index contributed by atoms with van der Waals surface area (Å²) < 4.78 is 11.0. The topological polar surface area (TPSA) is 84.9 Å². The van der Waals surface area contributed by atoms with Crippen molar-refractivity contribution in [1.82, 2.24) is 5.32 Å². The summed E-state index contributed by atoms with van der Waals surface area (Å²) in [5, 5.41) is 12.2. The monoisotopic (exact) mass is 449 g/mol. The van der Waals surface area contributed by atoms with E-state index in [9.17, 15) is 14.7 Å². The van der Waals surface area contributed by atoms with Crippen molar-refractivity contribution in [3.05, 3.63) is 27.3 Å². The zero-order valence-electron chi connectivity index (χ0n) is 14.6. The molecule has 0 heterocycles. The molecule has 1 rings (SSSR count). The van der Waals surface area contributed by atoms with Crippen LogP contribution in [0, 0.1) is 3.57 Å². The van der Waals surface area contributed by atoms with Crippen LogP contribution in [0.5, 0.6) is 5.75 Å². The van der Waals surface area contributed by atoms with Crippen LogP contribution in [-0.2, 0) is 20.7 Å². The molecule has 0 fully saturated rings. The van der Waals surface area contributed by atoms with Gasteiger partial charge in [0.05, 0.1) is 10.2 Å². The van der Waals surface area contributed by atoms with Crippen LogP contribution in [0.1, 0.15) is 40.2 Å². The first-order valence-corrected chi connectivity index (χ1v) is 8.70. The van der Waals surface area contributed by atoms with Crippen LogP contribution >= 0.6 is 22.6 Å². The molecule has 0 aliphatic heterocycles. The van der Waals surface area contributed by atoms with Gasteiger partial charge in [0.15, 0.2) is 0 Å². The van der Waals surface area contributed by atoms with Gasteiger partial charge >= 0.3 is 12.1 Å². The molecule has 0 aromatic heterocycles. The van der Waals surface area contributed by atoms with Crippen LogP contribution in [0.15, 0.2) is 18.2 Å². The van der Waals surface area contributed by atoms with E-state index in [4.69, 9.17) is 9.47 Å². The first-order valence-electron chi connectivity index (χ1n) is 7.62. The van der Waals surface area contributed by atoms with E-state index in [2.05, 4.69) is 5.32 Å². The van der Waals surface area contributed by atoms with Gasteiger partial charge in [0.25, 0.3) is 0 Å². The number of amides is 1. The summed E-state index contributed by atoms with van der Waals surface area (Å²) in [4.78, 5) is 24.5.